The first-order valence-corrected chi connectivity index (χ1v) is 7.74. The summed E-state index contributed by atoms with van der Waals surface area (Å²) in [5.74, 6) is 1.01. The molecule has 0 amide bonds. The number of aryl methyl sites for hydroxylation is 2. The van der Waals surface area contributed by atoms with Crippen molar-refractivity contribution in [3.8, 4) is 0 Å². The summed E-state index contributed by atoms with van der Waals surface area (Å²) in [5.41, 5.74) is 10.2. The minimum Gasteiger partial charge on any atom is -0.381 e. The number of thioether (sulfide) groups is 1. The Hall–Kier alpha value is -0.510. The summed E-state index contributed by atoms with van der Waals surface area (Å²) in [6, 6.07) is 6.70. The minimum absolute atomic E-state index is 0.151. The van der Waals surface area contributed by atoms with Crippen molar-refractivity contribution >= 4 is 11.8 Å². The zero-order valence-electron chi connectivity index (χ0n) is 11.3. The molecule has 0 aliphatic carbocycles. The fourth-order valence-electron chi connectivity index (χ4n) is 2.33. The number of hydrogen-bond acceptors (Lipinski definition) is 3. The van der Waals surface area contributed by atoms with Crippen molar-refractivity contribution in [1.82, 2.24) is 0 Å². The van der Waals surface area contributed by atoms with Gasteiger partial charge in [-0.3, -0.25) is 0 Å². The van der Waals surface area contributed by atoms with Crippen LogP contribution < -0.4 is 5.73 Å². The summed E-state index contributed by atoms with van der Waals surface area (Å²) in [4.78, 5) is 0. The van der Waals surface area contributed by atoms with Gasteiger partial charge in [0.2, 0.25) is 0 Å². The molecule has 1 aliphatic rings. The van der Waals surface area contributed by atoms with Gasteiger partial charge in [0.1, 0.15) is 0 Å². The Morgan fingerprint density at radius 2 is 2.06 bits per heavy atom. The van der Waals surface area contributed by atoms with Gasteiger partial charge in [-0.2, -0.15) is 11.8 Å². The molecule has 1 atom stereocenters. The van der Waals surface area contributed by atoms with Crippen LogP contribution in [0.4, 0.5) is 0 Å². The summed E-state index contributed by atoms with van der Waals surface area (Å²) in [7, 11) is 0. The highest BCUT2D eigenvalue weighted by Crippen LogP contribution is 2.27. The van der Waals surface area contributed by atoms with Crippen LogP contribution in [-0.4, -0.2) is 24.2 Å². The number of benzene rings is 1. The zero-order valence-corrected chi connectivity index (χ0v) is 12.1. The van der Waals surface area contributed by atoms with Crippen molar-refractivity contribution in [2.24, 2.45) is 5.73 Å². The van der Waals surface area contributed by atoms with Crippen LogP contribution in [0.2, 0.25) is 0 Å². The Bertz CT molecular complexity index is 388. The second-order valence-corrected chi connectivity index (χ2v) is 6.44. The van der Waals surface area contributed by atoms with E-state index in [1.54, 1.807) is 0 Å². The molecule has 18 heavy (non-hydrogen) atoms. The average Bonchev–Trinajstić information content (AvgIpc) is 2.40. The van der Waals surface area contributed by atoms with Crippen molar-refractivity contribution < 1.29 is 4.74 Å². The first-order chi connectivity index (χ1) is 8.66. The molecule has 0 radical (unpaired) electrons. The van der Waals surface area contributed by atoms with Gasteiger partial charge in [-0.25, -0.2) is 0 Å². The van der Waals surface area contributed by atoms with Crippen molar-refractivity contribution in [1.29, 1.82) is 0 Å². The molecule has 1 aromatic carbocycles. The van der Waals surface area contributed by atoms with E-state index in [0.717, 1.165) is 24.2 Å². The van der Waals surface area contributed by atoms with Crippen molar-refractivity contribution in [3.05, 3.63) is 34.9 Å². The maximum atomic E-state index is 6.33. The highest BCUT2D eigenvalue weighted by molar-refractivity contribution is 7.99. The average molecular weight is 265 g/mol. The summed E-state index contributed by atoms with van der Waals surface area (Å²) in [6.45, 7) is 6.10. The quantitative estimate of drug-likeness (QED) is 0.908. The third-order valence-electron chi connectivity index (χ3n) is 3.51. The van der Waals surface area contributed by atoms with Crippen LogP contribution in [0, 0.1) is 13.8 Å². The van der Waals surface area contributed by atoms with Crippen LogP contribution in [0.3, 0.4) is 0 Å². The lowest BCUT2D eigenvalue weighted by Crippen LogP contribution is -2.21. The molecular formula is C15H23NOS. The van der Waals surface area contributed by atoms with E-state index in [4.69, 9.17) is 10.5 Å². The van der Waals surface area contributed by atoms with Crippen molar-refractivity contribution in [2.75, 3.05) is 19.0 Å². The number of ether oxygens (including phenoxy) is 1. The first-order valence-electron chi connectivity index (χ1n) is 6.69. The topological polar surface area (TPSA) is 35.2 Å². The Labute approximate surface area is 114 Å². The van der Waals surface area contributed by atoms with Gasteiger partial charge in [-0.05, 0) is 37.8 Å². The molecule has 0 saturated carbocycles. The number of nitrogens with two attached hydrogens (primary N) is 1. The van der Waals surface area contributed by atoms with Gasteiger partial charge in [0.25, 0.3) is 0 Å². The fourth-order valence-corrected chi connectivity index (χ4v) is 3.52. The maximum absolute atomic E-state index is 6.33. The molecule has 1 aliphatic heterocycles. The molecule has 100 valence electrons. The Kier molecular flexibility index (Phi) is 5.10. The highest BCUT2D eigenvalue weighted by Gasteiger charge is 2.17. The monoisotopic (exact) mass is 265 g/mol. The lowest BCUT2D eigenvalue weighted by atomic mass is 10.0. The molecule has 2 nitrogen and oxygen atoms in total. The van der Waals surface area contributed by atoms with Crippen molar-refractivity contribution in [2.45, 2.75) is 38.0 Å². The third kappa shape index (κ3) is 3.74. The van der Waals surface area contributed by atoms with Crippen LogP contribution in [-0.2, 0) is 4.74 Å². The van der Waals surface area contributed by atoms with E-state index in [-0.39, 0.29) is 6.04 Å². The minimum atomic E-state index is 0.151. The van der Waals surface area contributed by atoms with E-state index in [1.807, 2.05) is 11.8 Å². The summed E-state index contributed by atoms with van der Waals surface area (Å²) in [5, 5.41) is 0.731. The number of hydrogen-bond donors (Lipinski definition) is 1. The van der Waals surface area contributed by atoms with Crippen LogP contribution in [0.5, 0.6) is 0 Å². The van der Waals surface area contributed by atoms with Crippen molar-refractivity contribution in [3.63, 3.8) is 0 Å². The predicted molar refractivity (Wildman–Crippen MR) is 79.1 cm³/mol. The molecule has 1 unspecified atom stereocenters. The lowest BCUT2D eigenvalue weighted by Gasteiger charge is -2.23. The summed E-state index contributed by atoms with van der Waals surface area (Å²) < 4.78 is 5.38. The van der Waals surface area contributed by atoms with E-state index >= 15 is 0 Å². The molecule has 1 aromatic rings. The molecule has 0 bridgehead atoms. The van der Waals surface area contributed by atoms with Gasteiger partial charge in [0.05, 0.1) is 0 Å². The fraction of sp³-hybridized carbons (Fsp3) is 0.600. The lowest BCUT2D eigenvalue weighted by molar-refractivity contribution is 0.1000. The van der Waals surface area contributed by atoms with Gasteiger partial charge >= 0.3 is 0 Å². The molecule has 2 rings (SSSR count). The van der Waals surface area contributed by atoms with Crippen LogP contribution in [0.15, 0.2) is 18.2 Å². The van der Waals surface area contributed by atoms with Gasteiger partial charge in [-0.1, -0.05) is 23.8 Å². The third-order valence-corrected chi connectivity index (χ3v) is 5.01. The smallest absolute Gasteiger partial charge is 0.0476 e. The maximum Gasteiger partial charge on any atom is 0.0476 e. The standard InChI is InChI=1S/C15H23NOS/c1-11-3-4-12(2)14(9-11)15(16)10-18-13-5-7-17-8-6-13/h3-4,9,13,15H,5-8,10,16H2,1-2H3. The van der Waals surface area contributed by atoms with Gasteiger partial charge in [-0.15, -0.1) is 0 Å². The van der Waals surface area contributed by atoms with E-state index in [0.29, 0.717) is 0 Å². The normalized spacial score (nSPS) is 18.8. The summed E-state index contributed by atoms with van der Waals surface area (Å²) in [6.07, 6.45) is 2.34. The number of rotatable bonds is 4. The largest absolute Gasteiger partial charge is 0.381 e. The molecular weight excluding hydrogens is 242 g/mol. The van der Waals surface area contributed by atoms with Gasteiger partial charge < -0.3 is 10.5 Å². The van der Waals surface area contributed by atoms with Gasteiger partial charge in [0, 0.05) is 30.3 Å². The van der Waals surface area contributed by atoms with E-state index in [2.05, 4.69) is 32.0 Å². The molecule has 3 heteroatoms. The molecule has 1 heterocycles. The molecule has 0 spiro atoms. The molecule has 0 aromatic heterocycles. The SMILES string of the molecule is Cc1ccc(C)c(C(N)CSC2CCOCC2)c1. The van der Waals surface area contributed by atoms with E-state index < -0.39 is 0 Å². The second kappa shape index (κ2) is 6.60. The zero-order chi connectivity index (χ0) is 13.0. The first kappa shape index (κ1) is 13.9. The summed E-state index contributed by atoms with van der Waals surface area (Å²) >= 11 is 2.01. The molecule has 1 fully saturated rings. The van der Waals surface area contributed by atoms with Crippen LogP contribution in [0.25, 0.3) is 0 Å². The Morgan fingerprint density at radius 3 is 2.78 bits per heavy atom. The predicted octanol–water partition coefficient (Wildman–Crippen LogP) is 3.22. The Balaban J connectivity index is 1.90. The molecule has 1 saturated heterocycles. The Morgan fingerprint density at radius 1 is 1.33 bits per heavy atom. The van der Waals surface area contributed by atoms with Gasteiger partial charge in [0.15, 0.2) is 0 Å². The second-order valence-electron chi connectivity index (χ2n) is 5.11. The molecule has 2 N–H and O–H groups in total. The highest BCUT2D eigenvalue weighted by atomic mass is 32.2. The van der Waals surface area contributed by atoms with Crippen LogP contribution in [0.1, 0.15) is 35.6 Å². The van der Waals surface area contributed by atoms with E-state index in [9.17, 15) is 0 Å². The van der Waals surface area contributed by atoms with E-state index in [1.165, 1.54) is 29.5 Å². The van der Waals surface area contributed by atoms with Crippen LogP contribution >= 0.6 is 11.8 Å².